The SMILES string of the molecule is CC(C)c1c(C(=O)N(C)Cc2ccco2)cnn1-c1cccc(Cl)c1. The van der Waals surface area contributed by atoms with Gasteiger partial charge in [0.1, 0.15) is 5.76 Å². The molecule has 0 saturated carbocycles. The van der Waals surface area contributed by atoms with E-state index in [9.17, 15) is 4.79 Å². The van der Waals surface area contributed by atoms with Crippen molar-refractivity contribution in [3.8, 4) is 5.69 Å². The lowest BCUT2D eigenvalue weighted by atomic mass is 10.0. The van der Waals surface area contributed by atoms with E-state index < -0.39 is 0 Å². The van der Waals surface area contributed by atoms with Crippen molar-refractivity contribution in [2.75, 3.05) is 7.05 Å². The zero-order valence-corrected chi connectivity index (χ0v) is 15.2. The fraction of sp³-hybridized carbons (Fsp3) is 0.263. The third kappa shape index (κ3) is 3.61. The Bertz CT molecular complexity index is 869. The second-order valence-corrected chi connectivity index (χ2v) is 6.67. The van der Waals surface area contributed by atoms with Crippen LogP contribution in [0.5, 0.6) is 0 Å². The fourth-order valence-corrected chi connectivity index (χ4v) is 2.99. The number of rotatable bonds is 5. The number of hydrogen-bond acceptors (Lipinski definition) is 3. The Labute approximate surface area is 151 Å². The molecule has 0 aliphatic carbocycles. The van der Waals surface area contributed by atoms with Crippen LogP contribution in [0, 0.1) is 0 Å². The van der Waals surface area contributed by atoms with Gasteiger partial charge in [0.25, 0.3) is 5.91 Å². The third-order valence-corrected chi connectivity index (χ3v) is 4.19. The van der Waals surface area contributed by atoms with E-state index in [0.717, 1.165) is 17.1 Å². The van der Waals surface area contributed by atoms with Gasteiger partial charge in [-0.05, 0) is 36.2 Å². The molecule has 2 heterocycles. The Morgan fingerprint density at radius 3 is 2.76 bits per heavy atom. The first-order valence-electron chi connectivity index (χ1n) is 8.09. The molecule has 6 heteroatoms. The van der Waals surface area contributed by atoms with Crippen molar-refractivity contribution in [1.82, 2.24) is 14.7 Å². The molecule has 0 aliphatic heterocycles. The van der Waals surface area contributed by atoms with Crippen molar-refractivity contribution in [2.45, 2.75) is 26.3 Å². The van der Waals surface area contributed by atoms with Gasteiger partial charge in [0.05, 0.1) is 35.9 Å². The number of furan rings is 1. The highest BCUT2D eigenvalue weighted by atomic mass is 35.5. The maximum atomic E-state index is 12.9. The normalized spacial score (nSPS) is 11.1. The topological polar surface area (TPSA) is 51.3 Å². The van der Waals surface area contributed by atoms with Crippen molar-refractivity contribution in [3.05, 3.63) is 70.9 Å². The van der Waals surface area contributed by atoms with Gasteiger partial charge < -0.3 is 9.32 Å². The Morgan fingerprint density at radius 1 is 1.32 bits per heavy atom. The minimum Gasteiger partial charge on any atom is -0.467 e. The molecule has 0 atom stereocenters. The number of benzene rings is 1. The molecule has 1 amide bonds. The van der Waals surface area contributed by atoms with Gasteiger partial charge in [0.15, 0.2) is 0 Å². The number of halogens is 1. The molecular formula is C19H20ClN3O2. The summed E-state index contributed by atoms with van der Waals surface area (Å²) in [5.41, 5.74) is 2.28. The summed E-state index contributed by atoms with van der Waals surface area (Å²) < 4.78 is 7.11. The van der Waals surface area contributed by atoms with Gasteiger partial charge in [0.2, 0.25) is 0 Å². The van der Waals surface area contributed by atoms with Gasteiger partial charge in [-0.1, -0.05) is 31.5 Å². The Kier molecular flexibility index (Phi) is 4.95. The lowest BCUT2D eigenvalue weighted by Gasteiger charge is -2.18. The van der Waals surface area contributed by atoms with Gasteiger partial charge in [-0.3, -0.25) is 4.79 Å². The van der Waals surface area contributed by atoms with Crippen LogP contribution < -0.4 is 0 Å². The highest BCUT2D eigenvalue weighted by Gasteiger charge is 2.23. The van der Waals surface area contributed by atoms with Crippen molar-refractivity contribution in [1.29, 1.82) is 0 Å². The van der Waals surface area contributed by atoms with Crippen LogP contribution in [0.1, 0.15) is 41.6 Å². The predicted molar refractivity (Wildman–Crippen MR) is 97.2 cm³/mol. The molecule has 1 aromatic carbocycles. The van der Waals surface area contributed by atoms with Gasteiger partial charge >= 0.3 is 0 Å². The fourth-order valence-electron chi connectivity index (χ4n) is 2.81. The largest absolute Gasteiger partial charge is 0.467 e. The van der Waals surface area contributed by atoms with E-state index in [-0.39, 0.29) is 11.8 Å². The van der Waals surface area contributed by atoms with Crippen LogP contribution in [0.3, 0.4) is 0 Å². The average molecular weight is 358 g/mol. The first kappa shape index (κ1) is 17.3. The van der Waals surface area contributed by atoms with Crippen molar-refractivity contribution < 1.29 is 9.21 Å². The molecule has 0 fully saturated rings. The molecule has 2 aromatic heterocycles. The van der Waals surface area contributed by atoms with Crippen LogP contribution in [0.25, 0.3) is 5.69 Å². The van der Waals surface area contributed by atoms with Gasteiger partial charge in [0, 0.05) is 12.1 Å². The number of amides is 1. The van der Waals surface area contributed by atoms with E-state index in [2.05, 4.69) is 5.10 Å². The second-order valence-electron chi connectivity index (χ2n) is 6.23. The van der Waals surface area contributed by atoms with Crippen LogP contribution >= 0.6 is 11.6 Å². The first-order valence-corrected chi connectivity index (χ1v) is 8.47. The monoisotopic (exact) mass is 357 g/mol. The molecular weight excluding hydrogens is 338 g/mol. The summed E-state index contributed by atoms with van der Waals surface area (Å²) in [6.07, 6.45) is 3.22. The summed E-state index contributed by atoms with van der Waals surface area (Å²) >= 11 is 6.10. The summed E-state index contributed by atoms with van der Waals surface area (Å²) in [6.45, 7) is 4.49. The van der Waals surface area contributed by atoms with Crippen molar-refractivity contribution >= 4 is 17.5 Å². The summed E-state index contributed by atoms with van der Waals surface area (Å²) in [4.78, 5) is 14.5. The Morgan fingerprint density at radius 2 is 2.12 bits per heavy atom. The maximum absolute atomic E-state index is 12.9. The number of aromatic nitrogens is 2. The minimum absolute atomic E-state index is 0.0895. The quantitative estimate of drug-likeness (QED) is 0.674. The zero-order valence-electron chi connectivity index (χ0n) is 14.4. The van der Waals surface area contributed by atoms with Gasteiger partial charge in [-0.15, -0.1) is 0 Å². The maximum Gasteiger partial charge on any atom is 0.257 e. The van der Waals surface area contributed by atoms with Crippen molar-refractivity contribution in [3.63, 3.8) is 0 Å². The molecule has 5 nitrogen and oxygen atoms in total. The lowest BCUT2D eigenvalue weighted by Crippen LogP contribution is -2.27. The average Bonchev–Trinajstić information content (AvgIpc) is 3.23. The Balaban J connectivity index is 1.95. The van der Waals surface area contributed by atoms with Crippen LogP contribution in [0.2, 0.25) is 5.02 Å². The second kappa shape index (κ2) is 7.15. The van der Waals surface area contributed by atoms with Crippen LogP contribution in [-0.4, -0.2) is 27.6 Å². The molecule has 0 radical (unpaired) electrons. The minimum atomic E-state index is -0.0895. The molecule has 0 spiro atoms. The molecule has 3 aromatic rings. The Hall–Kier alpha value is -2.53. The molecule has 0 bridgehead atoms. The molecule has 0 N–H and O–H groups in total. The molecule has 25 heavy (non-hydrogen) atoms. The van der Waals surface area contributed by atoms with E-state index in [0.29, 0.717) is 17.1 Å². The summed E-state index contributed by atoms with van der Waals surface area (Å²) in [6, 6.07) is 11.1. The third-order valence-electron chi connectivity index (χ3n) is 3.96. The summed E-state index contributed by atoms with van der Waals surface area (Å²) in [5, 5.41) is 5.07. The summed E-state index contributed by atoms with van der Waals surface area (Å²) in [5.74, 6) is 0.773. The predicted octanol–water partition coefficient (Wildman–Crippen LogP) is 4.51. The molecule has 0 saturated heterocycles. The molecule has 0 aliphatic rings. The molecule has 3 rings (SSSR count). The number of hydrogen-bond donors (Lipinski definition) is 0. The van der Waals surface area contributed by atoms with E-state index in [1.807, 2.05) is 50.2 Å². The van der Waals surface area contributed by atoms with Gasteiger partial charge in [-0.2, -0.15) is 5.10 Å². The number of nitrogens with zero attached hydrogens (tertiary/aromatic N) is 3. The molecule has 130 valence electrons. The van der Waals surface area contributed by atoms with E-state index in [4.69, 9.17) is 16.0 Å². The number of carbonyl (C=O) groups is 1. The van der Waals surface area contributed by atoms with E-state index in [1.54, 1.807) is 29.1 Å². The van der Waals surface area contributed by atoms with E-state index >= 15 is 0 Å². The summed E-state index contributed by atoms with van der Waals surface area (Å²) in [7, 11) is 1.76. The highest BCUT2D eigenvalue weighted by Crippen LogP contribution is 2.25. The van der Waals surface area contributed by atoms with E-state index in [1.165, 1.54) is 0 Å². The van der Waals surface area contributed by atoms with Crippen molar-refractivity contribution in [2.24, 2.45) is 0 Å². The first-order chi connectivity index (χ1) is 12.0. The molecule has 0 unspecified atom stereocenters. The van der Waals surface area contributed by atoms with Crippen LogP contribution in [0.15, 0.2) is 53.3 Å². The van der Waals surface area contributed by atoms with Gasteiger partial charge in [-0.25, -0.2) is 4.68 Å². The van der Waals surface area contributed by atoms with Crippen LogP contribution in [0.4, 0.5) is 0 Å². The number of carbonyl (C=O) groups excluding carboxylic acids is 1. The lowest BCUT2D eigenvalue weighted by molar-refractivity contribution is 0.0774. The highest BCUT2D eigenvalue weighted by molar-refractivity contribution is 6.30. The zero-order chi connectivity index (χ0) is 18.0. The van der Waals surface area contributed by atoms with Crippen LogP contribution in [-0.2, 0) is 6.54 Å². The standard InChI is InChI=1S/C19H20ClN3O2/c1-13(2)18-17(19(24)22(3)12-16-8-5-9-25-16)11-21-23(18)15-7-4-6-14(20)10-15/h4-11,13H,12H2,1-3H3. The smallest absolute Gasteiger partial charge is 0.257 e.